The van der Waals surface area contributed by atoms with Gasteiger partial charge in [-0.25, -0.2) is 0 Å². The second-order valence-electron chi connectivity index (χ2n) is 8.96. The van der Waals surface area contributed by atoms with Crippen LogP contribution in [-0.2, 0) is 14.2 Å². The number of nitrogens with one attached hydrogen (secondary N) is 1. The molecule has 3 aliphatic heterocycles. The second-order valence-corrected chi connectivity index (χ2v) is 8.96. The second kappa shape index (κ2) is 8.88. The Labute approximate surface area is 202 Å². The Hall–Kier alpha value is -3.60. The number of rotatable bonds is 4. The van der Waals surface area contributed by atoms with Crippen molar-refractivity contribution < 1.29 is 24.1 Å². The molecule has 0 saturated carbocycles. The summed E-state index contributed by atoms with van der Waals surface area (Å²) >= 11 is 0. The number of anilines is 1. The first-order chi connectivity index (χ1) is 17.2. The number of aromatic amines is 1. The number of fused-ring (bicyclic) bond motifs is 2. The average Bonchev–Trinajstić information content (AvgIpc) is 3.58. The fraction of sp³-hybridized carbons (Fsp3) is 0.385. The Morgan fingerprint density at radius 2 is 1.77 bits per heavy atom. The number of nitrogens with zero attached hydrogens (tertiary/aromatic N) is 3. The summed E-state index contributed by atoms with van der Waals surface area (Å²) in [6.45, 7) is 3.59. The molecule has 2 N–H and O–H groups in total. The number of aromatic nitrogens is 1. The minimum absolute atomic E-state index is 0.201. The van der Waals surface area contributed by atoms with Gasteiger partial charge in [-0.15, -0.1) is 0 Å². The Morgan fingerprint density at radius 1 is 1.00 bits per heavy atom. The average molecular weight is 473 g/mol. The highest BCUT2D eigenvalue weighted by Gasteiger charge is 2.48. The first kappa shape index (κ1) is 21.9. The van der Waals surface area contributed by atoms with Crippen LogP contribution in [0.15, 0.2) is 36.4 Å². The van der Waals surface area contributed by atoms with E-state index in [0.717, 1.165) is 29.9 Å². The molecule has 0 spiro atoms. The number of aliphatic hydroxyl groups is 1. The molecule has 35 heavy (non-hydrogen) atoms. The highest BCUT2D eigenvalue weighted by molar-refractivity contribution is 5.94. The minimum atomic E-state index is -0.679. The predicted octanol–water partition coefficient (Wildman–Crippen LogP) is 2.32. The highest BCUT2D eigenvalue weighted by Crippen LogP contribution is 2.37. The van der Waals surface area contributed by atoms with Crippen molar-refractivity contribution in [3.8, 4) is 29.1 Å². The molecule has 6 rings (SSSR count). The molecule has 4 heterocycles. The molecule has 2 aromatic carbocycles. The van der Waals surface area contributed by atoms with Gasteiger partial charge >= 0.3 is 0 Å². The van der Waals surface area contributed by atoms with Gasteiger partial charge < -0.3 is 33.9 Å². The monoisotopic (exact) mass is 472 g/mol. The van der Waals surface area contributed by atoms with Crippen LogP contribution in [0, 0.1) is 22.7 Å². The maximum absolute atomic E-state index is 9.98. The SMILES string of the molecule is N#Cc1cc2[nH]c(O[C@@H]3COC4C3OC[C@H]4O)c(C#N)c2cc1-c1ccc(N2CCOCC2)cc1. The van der Waals surface area contributed by atoms with Crippen LogP contribution >= 0.6 is 0 Å². The van der Waals surface area contributed by atoms with Crippen LogP contribution in [0.1, 0.15) is 11.1 Å². The van der Waals surface area contributed by atoms with Crippen LogP contribution in [0.25, 0.3) is 22.0 Å². The van der Waals surface area contributed by atoms with Crippen LogP contribution < -0.4 is 9.64 Å². The summed E-state index contributed by atoms with van der Waals surface area (Å²) in [4.78, 5) is 5.42. The first-order valence-electron chi connectivity index (χ1n) is 11.7. The molecule has 2 unspecified atom stereocenters. The van der Waals surface area contributed by atoms with Crippen molar-refractivity contribution in [3.63, 3.8) is 0 Å². The van der Waals surface area contributed by atoms with E-state index in [-0.39, 0.29) is 13.2 Å². The molecule has 178 valence electrons. The summed E-state index contributed by atoms with van der Waals surface area (Å²) in [6.07, 6.45) is -1.94. The lowest BCUT2D eigenvalue weighted by molar-refractivity contribution is 0.00789. The Bertz CT molecular complexity index is 1330. The largest absolute Gasteiger partial charge is 0.469 e. The number of benzene rings is 2. The Kier molecular flexibility index (Phi) is 5.56. The summed E-state index contributed by atoms with van der Waals surface area (Å²) in [5.41, 5.74) is 4.27. The lowest BCUT2D eigenvalue weighted by atomic mass is 9.97. The molecule has 9 heteroatoms. The van der Waals surface area contributed by atoms with Crippen LogP contribution in [0.4, 0.5) is 5.69 Å². The summed E-state index contributed by atoms with van der Waals surface area (Å²) in [5, 5.41) is 30.5. The molecule has 3 fully saturated rings. The zero-order valence-corrected chi connectivity index (χ0v) is 18.9. The molecule has 4 atom stereocenters. The van der Waals surface area contributed by atoms with Crippen molar-refractivity contribution in [2.45, 2.75) is 24.4 Å². The zero-order chi connectivity index (χ0) is 23.9. The van der Waals surface area contributed by atoms with Gasteiger partial charge in [-0.3, -0.25) is 0 Å². The van der Waals surface area contributed by atoms with E-state index in [9.17, 15) is 15.6 Å². The molecule has 3 aromatic rings. The topological polar surface area (TPSA) is 124 Å². The molecule has 9 nitrogen and oxygen atoms in total. The van der Waals surface area contributed by atoms with Gasteiger partial charge in [0.2, 0.25) is 5.88 Å². The maximum atomic E-state index is 9.98. The van der Waals surface area contributed by atoms with Crippen molar-refractivity contribution in [1.82, 2.24) is 4.98 Å². The summed E-state index contributed by atoms with van der Waals surface area (Å²) < 4.78 is 22.8. The quantitative estimate of drug-likeness (QED) is 0.593. The number of ether oxygens (including phenoxy) is 4. The molecule has 3 saturated heterocycles. The minimum Gasteiger partial charge on any atom is -0.469 e. The van der Waals surface area contributed by atoms with Gasteiger partial charge in [-0.1, -0.05) is 12.1 Å². The maximum Gasteiger partial charge on any atom is 0.210 e. The third kappa shape index (κ3) is 3.79. The molecule has 0 aliphatic carbocycles. The van der Waals surface area contributed by atoms with Gasteiger partial charge in [0.15, 0.2) is 6.10 Å². The fourth-order valence-electron chi connectivity index (χ4n) is 5.12. The lowest BCUT2D eigenvalue weighted by Gasteiger charge is -2.29. The smallest absolute Gasteiger partial charge is 0.210 e. The highest BCUT2D eigenvalue weighted by atomic mass is 16.6. The van der Waals surface area contributed by atoms with E-state index < -0.39 is 24.4 Å². The molecular weight excluding hydrogens is 448 g/mol. The fourth-order valence-corrected chi connectivity index (χ4v) is 5.12. The van der Waals surface area contributed by atoms with E-state index in [0.29, 0.717) is 41.1 Å². The van der Waals surface area contributed by atoms with Gasteiger partial charge in [0, 0.05) is 29.7 Å². The number of hydrogen-bond donors (Lipinski definition) is 2. The van der Waals surface area contributed by atoms with Crippen molar-refractivity contribution in [2.75, 3.05) is 44.4 Å². The number of hydrogen-bond acceptors (Lipinski definition) is 8. The van der Waals surface area contributed by atoms with E-state index in [1.54, 1.807) is 6.07 Å². The van der Waals surface area contributed by atoms with E-state index in [4.69, 9.17) is 18.9 Å². The van der Waals surface area contributed by atoms with E-state index in [1.165, 1.54) is 0 Å². The molecule has 1 aromatic heterocycles. The standard InChI is InChI=1S/C26H24N4O5/c27-11-16-9-21-19(10-18(16)15-1-3-17(4-2-15)30-5-7-32-8-6-30)20(12-28)26(29-21)35-23-14-34-24-22(31)13-33-25(23)24/h1-4,9-10,22-25,29,31H,5-8,13-14H2/t22-,23-,24?,25?/m1/s1. The van der Waals surface area contributed by atoms with Crippen molar-refractivity contribution in [3.05, 3.63) is 47.5 Å². The lowest BCUT2D eigenvalue weighted by Crippen LogP contribution is -2.36. The zero-order valence-electron chi connectivity index (χ0n) is 18.9. The third-order valence-corrected chi connectivity index (χ3v) is 6.94. The van der Waals surface area contributed by atoms with Crippen LogP contribution in [-0.4, -0.2) is 74.0 Å². The van der Waals surface area contributed by atoms with Gasteiger partial charge in [0.25, 0.3) is 0 Å². The van der Waals surface area contributed by atoms with Gasteiger partial charge in [0.1, 0.15) is 29.9 Å². The number of aliphatic hydroxyl groups excluding tert-OH is 1. The summed E-state index contributed by atoms with van der Waals surface area (Å²) in [7, 11) is 0. The van der Waals surface area contributed by atoms with Crippen LogP contribution in [0.5, 0.6) is 5.88 Å². The van der Waals surface area contributed by atoms with E-state index in [1.807, 2.05) is 18.2 Å². The van der Waals surface area contributed by atoms with Gasteiger partial charge in [-0.2, -0.15) is 10.5 Å². The van der Waals surface area contributed by atoms with Crippen molar-refractivity contribution >= 4 is 16.6 Å². The predicted molar refractivity (Wildman–Crippen MR) is 126 cm³/mol. The number of morpholine rings is 1. The molecule has 0 radical (unpaired) electrons. The summed E-state index contributed by atoms with van der Waals surface area (Å²) in [5.74, 6) is 0.311. The molecular formula is C26H24N4O5. The van der Waals surface area contributed by atoms with Gasteiger partial charge in [0.05, 0.1) is 43.6 Å². The van der Waals surface area contributed by atoms with Crippen LogP contribution in [0.3, 0.4) is 0 Å². The number of nitriles is 2. The normalized spacial score (nSPS) is 25.9. The van der Waals surface area contributed by atoms with Crippen LogP contribution in [0.2, 0.25) is 0 Å². The Balaban J connectivity index is 1.33. The molecule has 3 aliphatic rings. The van der Waals surface area contributed by atoms with E-state index in [2.05, 4.69) is 34.2 Å². The Morgan fingerprint density at radius 3 is 2.51 bits per heavy atom. The molecule has 0 bridgehead atoms. The summed E-state index contributed by atoms with van der Waals surface area (Å²) in [6, 6.07) is 16.2. The van der Waals surface area contributed by atoms with Gasteiger partial charge in [-0.05, 0) is 29.8 Å². The van der Waals surface area contributed by atoms with Crippen molar-refractivity contribution in [2.24, 2.45) is 0 Å². The third-order valence-electron chi connectivity index (χ3n) is 6.94. The van der Waals surface area contributed by atoms with Crippen molar-refractivity contribution in [1.29, 1.82) is 10.5 Å². The first-order valence-corrected chi connectivity index (χ1v) is 11.7. The number of H-pyrrole nitrogens is 1. The van der Waals surface area contributed by atoms with E-state index >= 15 is 0 Å². The molecule has 0 amide bonds.